The third-order valence-corrected chi connectivity index (χ3v) is 5.58. The van der Waals surface area contributed by atoms with Crippen molar-refractivity contribution in [3.63, 3.8) is 0 Å². The highest BCUT2D eigenvalue weighted by atomic mass is 35.5. The molecular weight excluding hydrogens is 432 g/mol. The van der Waals surface area contributed by atoms with Gasteiger partial charge in [-0.3, -0.25) is 14.6 Å². The van der Waals surface area contributed by atoms with E-state index < -0.39 is 23.2 Å². The van der Waals surface area contributed by atoms with Gasteiger partial charge in [0.2, 0.25) is 11.8 Å². The van der Waals surface area contributed by atoms with Gasteiger partial charge in [-0.15, -0.1) is 0 Å². The first-order valence-corrected chi connectivity index (χ1v) is 10.3. The van der Waals surface area contributed by atoms with E-state index in [1.807, 2.05) is 19.9 Å². The van der Waals surface area contributed by atoms with Gasteiger partial charge in [-0.05, 0) is 54.8 Å². The van der Waals surface area contributed by atoms with E-state index in [1.165, 1.54) is 11.9 Å². The number of nitrogens with one attached hydrogen (secondary N) is 1. The fourth-order valence-electron chi connectivity index (χ4n) is 4.00. The van der Waals surface area contributed by atoms with Crippen LogP contribution in [0, 0.1) is 13.8 Å². The Kier molecular flexibility index (Phi) is 5.48. The number of aromatic nitrogens is 2. The van der Waals surface area contributed by atoms with Crippen LogP contribution in [0.4, 0.5) is 0 Å². The second kappa shape index (κ2) is 8.12. The van der Waals surface area contributed by atoms with Crippen LogP contribution < -0.4 is 11.2 Å². The van der Waals surface area contributed by atoms with Crippen LogP contribution in [0.1, 0.15) is 41.6 Å². The van der Waals surface area contributed by atoms with Crippen LogP contribution in [0.3, 0.4) is 0 Å². The monoisotopic (exact) mass is 452 g/mol. The molecule has 164 valence electrons. The predicted octanol–water partition coefficient (Wildman–Crippen LogP) is 3.20. The average Bonchev–Trinajstić information content (AvgIpc) is 3.12. The Morgan fingerprint density at radius 1 is 1.12 bits per heavy atom. The molecule has 0 fully saturated rings. The van der Waals surface area contributed by atoms with E-state index in [2.05, 4.69) is 10.1 Å². The molecule has 9 heteroatoms. The number of aryl methyl sites for hydroxylation is 2. The highest BCUT2D eigenvalue weighted by molar-refractivity contribution is 6.30. The zero-order valence-corrected chi connectivity index (χ0v) is 18.5. The van der Waals surface area contributed by atoms with Crippen molar-refractivity contribution >= 4 is 23.2 Å². The molecule has 32 heavy (non-hydrogen) atoms. The fraction of sp³-hybridized carbons (Fsp3) is 0.217. The van der Waals surface area contributed by atoms with Crippen LogP contribution >= 0.6 is 11.6 Å². The van der Waals surface area contributed by atoms with E-state index in [-0.39, 0.29) is 23.6 Å². The molecule has 1 aromatic heterocycles. The molecule has 1 amide bonds. The van der Waals surface area contributed by atoms with Crippen molar-refractivity contribution in [1.29, 1.82) is 0 Å². The third-order valence-electron chi connectivity index (χ3n) is 5.33. The number of hydrazone groups is 1. The predicted molar refractivity (Wildman–Crippen MR) is 122 cm³/mol. The maximum Gasteiger partial charge on any atom is 0.335 e. The summed E-state index contributed by atoms with van der Waals surface area (Å²) in [5, 5.41) is 17.2. The Hall–Kier alpha value is -3.65. The molecule has 2 aromatic carbocycles. The number of carbonyl (C=O) groups is 1. The Labute approximate surface area is 188 Å². The molecule has 1 aliphatic heterocycles. The minimum absolute atomic E-state index is 0.147. The number of benzene rings is 2. The van der Waals surface area contributed by atoms with Gasteiger partial charge in [0.1, 0.15) is 5.56 Å². The highest BCUT2D eigenvalue weighted by Crippen LogP contribution is 2.34. The van der Waals surface area contributed by atoms with E-state index in [9.17, 15) is 19.5 Å². The molecule has 0 saturated heterocycles. The van der Waals surface area contributed by atoms with Crippen LogP contribution in [0.2, 0.25) is 5.02 Å². The summed E-state index contributed by atoms with van der Waals surface area (Å²) in [6.45, 7) is 5.11. The molecule has 0 aliphatic carbocycles. The quantitative estimate of drug-likeness (QED) is 0.636. The van der Waals surface area contributed by atoms with E-state index in [0.29, 0.717) is 10.7 Å². The van der Waals surface area contributed by atoms with Crippen molar-refractivity contribution < 1.29 is 9.90 Å². The highest BCUT2D eigenvalue weighted by Gasteiger charge is 2.34. The lowest BCUT2D eigenvalue weighted by Gasteiger charge is -2.20. The van der Waals surface area contributed by atoms with E-state index >= 15 is 0 Å². The Morgan fingerprint density at radius 2 is 1.75 bits per heavy atom. The topological polar surface area (TPSA) is 108 Å². The minimum atomic E-state index is -0.771. The van der Waals surface area contributed by atoms with Crippen LogP contribution in [-0.2, 0) is 4.79 Å². The van der Waals surface area contributed by atoms with Gasteiger partial charge in [0, 0.05) is 18.4 Å². The normalized spacial score (nSPS) is 15.7. The van der Waals surface area contributed by atoms with Crippen molar-refractivity contribution in [2.75, 3.05) is 0 Å². The lowest BCUT2D eigenvalue weighted by Crippen LogP contribution is -2.33. The molecule has 4 rings (SSSR count). The van der Waals surface area contributed by atoms with Crippen molar-refractivity contribution in [2.24, 2.45) is 5.10 Å². The SMILES string of the molecule is CC(=O)N1N=C(c2c(O)n(-c3cc(C)cc(C)c3)c(=O)[nH]c2=O)C[C@H]1c1ccc(Cl)cc1. The molecule has 1 atom stereocenters. The van der Waals surface area contributed by atoms with Crippen LogP contribution in [0.5, 0.6) is 5.88 Å². The molecule has 0 radical (unpaired) electrons. The fourth-order valence-corrected chi connectivity index (χ4v) is 4.13. The number of aromatic amines is 1. The average molecular weight is 453 g/mol. The lowest BCUT2D eigenvalue weighted by molar-refractivity contribution is -0.130. The second-order valence-electron chi connectivity index (χ2n) is 7.82. The summed E-state index contributed by atoms with van der Waals surface area (Å²) >= 11 is 5.98. The summed E-state index contributed by atoms with van der Waals surface area (Å²) in [6, 6.07) is 11.9. The summed E-state index contributed by atoms with van der Waals surface area (Å²) in [5.41, 5.74) is 1.50. The summed E-state index contributed by atoms with van der Waals surface area (Å²) in [5.74, 6) is -0.846. The second-order valence-corrected chi connectivity index (χ2v) is 8.26. The van der Waals surface area contributed by atoms with Gasteiger partial charge in [-0.2, -0.15) is 5.10 Å². The maximum absolute atomic E-state index is 12.7. The van der Waals surface area contributed by atoms with Gasteiger partial charge in [-0.1, -0.05) is 29.8 Å². The number of aromatic hydroxyl groups is 1. The molecule has 2 heterocycles. The summed E-state index contributed by atoms with van der Waals surface area (Å²) in [6.07, 6.45) is 0.183. The first-order chi connectivity index (χ1) is 15.2. The van der Waals surface area contributed by atoms with E-state index in [1.54, 1.807) is 36.4 Å². The van der Waals surface area contributed by atoms with E-state index in [4.69, 9.17) is 11.6 Å². The third kappa shape index (κ3) is 3.85. The standard InChI is InChI=1S/C23H21ClN4O4/c1-12-8-13(2)10-17(9-12)27-22(31)20(21(30)25-23(27)32)18-11-19(28(26-18)14(3)29)15-4-6-16(24)7-5-15/h4-10,19,31H,11H2,1-3H3,(H,25,30,32)/t19-/m0/s1. The molecular formula is C23H21ClN4O4. The number of hydrogen-bond donors (Lipinski definition) is 2. The largest absolute Gasteiger partial charge is 0.493 e. The number of carbonyl (C=O) groups excluding carboxylic acids is 1. The van der Waals surface area contributed by atoms with Crippen LogP contribution in [0.15, 0.2) is 57.2 Å². The van der Waals surface area contributed by atoms with E-state index in [0.717, 1.165) is 21.3 Å². The first kappa shape index (κ1) is 21.6. The Balaban J connectivity index is 1.85. The summed E-state index contributed by atoms with van der Waals surface area (Å²) in [7, 11) is 0. The molecule has 0 unspecified atom stereocenters. The summed E-state index contributed by atoms with van der Waals surface area (Å²) in [4.78, 5) is 39.8. The molecule has 0 bridgehead atoms. The van der Waals surface area contributed by atoms with Crippen LogP contribution in [-0.4, -0.2) is 31.3 Å². The van der Waals surface area contributed by atoms with Crippen molar-refractivity contribution in [3.8, 4) is 11.6 Å². The Morgan fingerprint density at radius 3 is 2.34 bits per heavy atom. The van der Waals surface area contributed by atoms with Gasteiger partial charge < -0.3 is 5.11 Å². The molecule has 0 spiro atoms. The minimum Gasteiger partial charge on any atom is -0.493 e. The zero-order chi connectivity index (χ0) is 23.2. The van der Waals surface area contributed by atoms with Gasteiger partial charge in [0.25, 0.3) is 5.56 Å². The van der Waals surface area contributed by atoms with Crippen LogP contribution in [0.25, 0.3) is 5.69 Å². The van der Waals surface area contributed by atoms with Gasteiger partial charge in [0.05, 0.1) is 17.4 Å². The zero-order valence-electron chi connectivity index (χ0n) is 17.7. The first-order valence-electron chi connectivity index (χ1n) is 9.96. The van der Waals surface area contributed by atoms with Crippen molar-refractivity contribution in [2.45, 2.75) is 33.2 Å². The van der Waals surface area contributed by atoms with Crippen molar-refractivity contribution in [1.82, 2.24) is 14.6 Å². The number of nitrogens with zero attached hydrogens (tertiary/aromatic N) is 3. The molecule has 0 saturated carbocycles. The van der Waals surface area contributed by atoms with Crippen molar-refractivity contribution in [3.05, 3.63) is 90.6 Å². The number of amides is 1. The molecule has 8 nitrogen and oxygen atoms in total. The molecule has 3 aromatic rings. The van der Waals surface area contributed by atoms with Gasteiger partial charge in [0.15, 0.2) is 0 Å². The lowest BCUT2D eigenvalue weighted by atomic mass is 9.99. The molecule has 2 N–H and O–H groups in total. The molecule has 1 aliphatic rings. The Bertz CT molecular complexity index is 1350. The number of hydrogen-bond acceptors (Lipinski definition) is 5. The number of halogens is 1. The maximum atomic E-state index is 12.7. The smallest absolute Gasteiger partial charge is 0.335 e. The number of H-pyrrole nitrogens is 1. The number of rotatable bonds is 3. The summed E-state index contributed by atoms with van der Waals surface area (Å²) < 4.78 is 1.03. The van der Waals surface area contributed by atoms with Gasteiger partial charge >= 0.3 is 5.69 Å². The van der Waals surface area contributed by atoms with Gasteiger partial charge in [-0.25, -0.2) is 14.4 Å².